The number of fused-ring (bicyclic) bond motifs is 1. The molecule has 0 aliphatic carbocycles. The summed E-state index contributed by atoms with van der Waals surface area (Å²) in [4.78, 5) is 14.6. The lowest BCUT2D eigenvalue weighted by atomic mass is 9.91. The number of nitrogens with zero attached hydrogens (tertiary/aromatic N) is 3. The zero-order valence-corrected chi connectivity index (χ0v) is 17.5. The number of rotatable bonds is 5. The van der Waals surface area contributed by atoms with E-state index in [1.54, 1.807) is 23.1 Å². The first-order valence-electron chi connectivity index (χ1n) is 10.5. The molecule has 0 saturated carbocycles. The Morgan fingerprint density at radius 1 is 1.32 bits per heavy atom. The van der Waals surface area contributed by atoms with Crippen LogP contribution in [-0.4, -0.2) is 39.4 Å². The van der Waals surface area contributed by atoms with Crippen LogP contribution < -0.4 is 11.1 Å². The number of hydrogen-bond acceptors (Lipinski definition) is 3. The van der Waals surface area contributed by atoms with Crippen LogP contribution in [0.5, 0.6) is 0 Å². The van der Waals surface area contributed by atoms with Gasteiger partial charge in [0.2, 0.25) is 0 Å². The summed E-state index contributed by atoms with van der Waals surface area (Å²) in [5, 5.41) is 11.2. The van der Waals surface area contributed by atoms with E-state index in [9.17, 15) is 9.18 Å². The molecule has 160 valence electrons. The predicted octanol–water partition coefficient (Wildman–Crippen LogP) is 2.25. The maximum absolute atomic E-state index is 14.0. The van der Waals surface area contributed by atoms with Gasteiger partial charge < -0.3 is 10.6 Å². The van der Waals surface area contributed by atoms with Crippen LogP contribution in [-0.2, 0) is 6.54 Å². The van der Waals surface area contributed by atoms with Gasteiger partial charge in [-0.3, -0.25) is 14.9 Å². The van der Waals surface area contributed by atoms with Crippen molar-refractivity contribution in [2.75, 3.05) is 6.54 Å². The Hall–Kier alpha value is -3.48. The fourth-order valence-electron chi connectivity index (χ4n) is 4.43. The van der Waals surface area contributed by atoms with Gasteiger partial charge in [-0.15, -0.1) is 0 Å². The lowest BCUT2D eigenvalue weighted by Crippen LogP contribution is -2.45. The number of allylic oxidation sites excluding steroid dienone is 1. The zero-order valence-electron chi connectivity index (χ0n) is 17.5. The third-order valence-corrected chi connectivity index (χ3v) is 6.12. The van der Waals surface area contributed by atoms with Gasteiger partial charge in [0.05, 0.1) is 22.9 Å². The zero-order chi connectivity index (χ0) is 22.0. The minimum atomic E-state index is -0.468. The predicted molar refractivity (Wildman–Crippen MR) is 120 cm³/mol. The Bertz CT molecular complexity index is 1150. The average Bonchev–Trinajstić information content (AvgIpc) is 3.17. The highest BCUT2D eigenvalue weighted by Gasteiger charge is 2.30. The topological polar surface area (TPSA) is 89.7 Å². The number of carbonyl (C=O) groups excluding carboxylic acids is 1. The van der Waals surface area contributed by atoms with Crippen LogP contribution in [0.4, 0.5) is 4.39 Å². The first-order chi connectivity index (χ1) is 15.0. The monoisotopic (exact) mass is 420 g/mol. The second-order valence-corrected chi connectivity index (χ2v) is 8.11. The van der Waals surface area contributed by atoms with Crippen molar-refractivity contribution in [2.24, 2.45) is 11.7 Å². The molecule has 4 rings (SSSR count). The molecule has 1 fully saturated rings. The first kappa shape index (κ1) is 20.8. The van der Waals surface area contributed by atoms with E-state index in [-0.39, 0.29) is 17.5 Å². The van der Waals surface area contributed by atoms with Crippen molar-refractivity contribution in [2.45, 2.75) is 32.4 Å². The number of amides is 1. The number of nitrogens with two attached hydrogens (primary N) is 2. The van der Waals surface area contributed by atoms with E-state index in [0.717, 1.165) is 41.4 Å². The maximum atomic E-state index is 14.0. The maximum Gasteiger partial charge on any atom is 0.257 e. The Morgan fingerprint density at radius 3 is 2.84 bits per heavy atom. The molecular formula is C24H27FN5O+. The Morgan fingerprint density at radius 2 is 2.13 bits per heavy atom. The van der Waals surface area contributed by atoms with Crippen LogP contribution in [0.1, 0.15) is 35.7 Å². The lowest BCUT2D eigenvalue weighted by Gasteiger charge is -2.38. The molecule has 7 heteroatoms. The molecule has 1 saturated heterocycles. The summed E-state index contributed by atoms with van der Waals surface area (Å²) in [6.45, 7) is 3.42. The molecule has 2 heterocycles. The third-order valence-electron chi connectivity index (χ3n) is 6.12. The van der Waals surface area contributed by atoms with Gasteiger partial charge in [0.25, 0.3) is 5.91 Å². The minimum absolute atomic E-state index is 0.0385. The number of likely N-dealkylation sites (tertiary alicyclic amines) is 1. The molecule has 0 spiro atoms. The number of carbonyl (C=O) groups is 1. The second kappa shape index (κ2) is 8.71. The van der Waals surface area contributed by atoms with Gasteiger partial charge in [-0.1, -0.05) is 18.2 Å². The highest BCUT2D eigenvalue weighted by atomic mass is 19.1. The average molecular weight is 421 g/mol. The Labute approximate surface area is 180 Å². The third kappa shape index (κ3) is 4.08. The van der Waals surface area contributed by atoms with Crippen molar-refractivity contribution in [1.29, 1.82) is 0 Å². The van der Waals surface area contributed by atoms with Crippen LogP contribution in [0, 0.1) is 11.7 Å². The molecular weight excluding hydrogens is 393 g/mol. The van der Waals surface area contributed by atoms with Gasteiger partial charge >= 0.3 is 0 Å². The number of piperidine rings is 1. The van der Waals surface area contributed by atoms with Crippen LogP contribution >= 0.6 is 0 Å². The van der Waals surface area contributed by atoms with E-state index >= 15 is 0 Å². The van der Waals surface area contributed by atoms with Crippen molar-refractivity contribution >= 4 is 28.6 Å². The molecule has 1 aliphatic rings. The van der Waals surface area contributed by atoms with Gasteiger partial charge in [-0.2, -0.15) is 5.10 Å². The molecule has 31 heavy (non-hydrogen) atoms. The summed E-state index contributed by atoms with van der Waals surface area (Å²) in [5.74, 6) is -0.315. The highest BCUT2D eigenvalue weighted by molar-refractivity contribution is 6.07. The fraction of sp³-hybridized carbons (Fsp3) is 0.292. The number of hydrogen-bond donors (Lipinski definition) is 2. The smallest absolute Gasteiger partial charge is 0.257 e. The van der Waals surface area contributed by atoms with E-state index in [1.807, 2.05) is 36.0 Å². The molecule has 1 amide bonds. The van der Waals surface area contributed by atoms with Crippen molar-refractivity contribution in [3.63, 3.8) is 0 Å². The summed E-state index contributed by atoms with van der Waals surface area (Å²) in [5.41, 5.74) is 8.55. The first-order valence-corrected chi connectivity index (χ1v) is 10.5. The van der Waals surface area contributed by atoms with Crippen molar-refractivity contribution in [3.8, 4) is 0 Å². The molecule has 0 bridgehead atoms. The van der Waals surface area contributed by atoms with Crippen LogP contribution in [0.3, 0.4) is 0 Å². The SMILES string of the molecule is CC1CC(Cn2ncc3cc(/C(C=[NH2+])=C/N)ccc32)CCN1C(=O)c1ccccc1F. The van der Waals surface area contributed by atoms with Gasteiger partial charge in [0, 0.05) is 30.7 Å². The van der Waals surface area contributed by atoms with Gasteiger partial charge in [0.1, 0.15) is 5.82 Å². The summed E-state index contributed by atoms with van der Waals surface area (Å²) in [6.07, 6.45) is 6.53. The largest absolute Gasteiger partial charge is 0.404 e. The van der Waals surface area contributed by atoms with Crippen LogP contribution in [0.2, 0.25) is 0 Å². The van der Waals surface area contributed by atoms with Crippen LogP contribution in [0.25, 0.3) is 16.5 Å². The summed E-state index contributed by atoms with van der Waals surface area (Å²) in [6, 6.07) is 12.3. The fourth-order valence-corrected chi connectivity index (χ4v) is 4.43. The van der Waals surface area contributed by atoms with E-state index in [4.69, 9.17) is 11.1 Å². The molecule has 3 aromatic rings. The Kier molecular flexibility index (Phi) is 5.84. The second-order valence-electron chi connectivity index (χ2n) is 8.11. The Balaban J connectivity index is 1.46. The molecule has 1 aliphatic heterocycles. The number of halogens is 1. The highest BCUT2D eigenvalue weighted by Crippen LogP contribution is 2.28. The van der Waals surface area contributed by atoms with E-state index < -0.39 is 5.82 Å². The molecule has 4 N–H and O–H groups in total. The van der Waals surface area contributed by atoms with E-state index in [2.05, 4.69) is 5.10 Å². The summed E-state index contributed by atoms with van der Waals surface area (Å²) in [7, 11) is 0. The molecule has 0 radical (unpaired) electrons. The molecule has 2 atom stereocenters. The van der Waals surface area contributed by atoms with Gasteiger partial charge in [-0.05, 0) is 55.5 Å². The standard InChI is InChI=1S/C24H26FN5O/c1-16-10-17(8-9-29(16)24(31)21-4-2-3-5-22(21)25)15-30-23-7-6-18(20(12-26)13-27)11-19(23)14-28-30/h2-7,11-14,16-17,26H,8-10,15,27H2,1H3/p+1/b20-13+,26-12?. The van der Waals surface area contributed by atoms with Gasteiger partial charge in [0.15, 0.2) is 6.21 Å². The molecule has 6 nitrogen and oxygen atoms in total. The van der Waals surface area contributed by atoms with Crippen molar-refractivity contribution < 1.29 is 14.6 Å². The quantitative estimate of drug-likeness (QED) is 0.621. The molecule has 1 aromatic heterocycles. The van der Waals surface area contributed by atoms with Crippen molar-refractivity contribution in [1.82, 2.24) is 14.7 Å². The summed E-state index contributed by atoms with van der Waals surface area (Å²) >= 11 is 0. The lowest BCUT2D eigenvalue weighted by molar-refractivity contribution is -0.103. The number of aromatic nitrogens is 2. The van der Waals surface area contributed by atoms with Gasteiger partial charge in [-0.25, -0.2) is 4.39 Å². The van der Waals surface area contributed by atoms with E-state index in [0.29, 0.717) is 12.5 Å². The molecule has 2 aromatic carbocycles. The van der Waals surface area contributed by atoms with Crippen LogP contribution in [0.15, 0.2) is 54.9 Å². The number of benzene rings is 2. The van der Waals surface area contributed by atoms with E-state index in [1.165, 1.54) is 18.5 Å². The minimum Gasteiger partial charge on any atom is -0.404 e. The summed E-state index contributed by atoms with van der Waals surface area (Å²) < 4.78 is 16.1. The molecule has 2 unspecified atom stereocenters. The van der Waals surface area contributed by atoms with Crippen molar-refractivity contribution in [3.05, 3.63) is 71.8 Å². The normalized spacial score (nSPS) is 19.5.